The van der Waals surface area contributed by atoms with Crippen LogP contribution in [0.4, 0.5) is 0 Å². The van der Waals surface area contributed by atoms with Gasteiger partial charge in [-0.3, -0.25) is 4.90 Å². The van der Waals surface area contributed by atoms with Gasteiger partial charge in [0.25, 0.3) is 0 Å². The summed E-state index contributed by atoms with van der Waals surface area (Å²) in [4.78, 5) is 14.9. The minimum absolute atomic E-state index is 0.0329. The molecule has 0 saturated carbocycles. The average molecular weight is 416 g/mol. The summed E-state index contributed by atoms with van der Waals surface area (Å²) in [7, 11) is -3.10. The molecule has 1 saturated heterocycles. The van der Waals surface area contributed by atoms with E-state index in [2.05, 4.69) is 24.0 Å². The Hall–Kier alpha value is -2.18. The molecule has 1 aliphatic heterocycles. The first-order valence-corrected chi connectivity index (χ1v) is 12.0. The van der Waals surface area contributed by atoms with E-state index in [1.807, 2.05) is 18.2 Å². The van der Waals surface area contributed by atoms with E-state index in [-0.39, 0.29) is 17.3 Å². The Morgan fingerprint density at radius 3 is 2.38 bits per heavy atom. The molecule has 5 nitrogen and oxygen atoms in total. The molecule has 0 aromatic heterocycles. The second kappa shape index (κ2) is 9.09. The van der Waals surface area contributed by atoms with Gasteiger partial charge >= 0.3 is 5.97 Å². The number of benzene rings is 2. The molecule has 3 rings (SSSR count). The number of carbonyl (C=O) groups excluding carboxylic acids is 1. The van der Waals surface area contributed by atoms with Crippen molar-refractivity contribution in [1.29, 1.82) is 0 Å². The van der Waals surface area contributed by atoms with Crippen molar-refractivity contribution in [1.82, 2.24) is 4.90 Å². The zero-order valence-corrected chi connectivity index (χ0v) is 18.0. The number of nitrogens with zero attached hydrogens (tertiary/aromatic N) is 1. The van der Waals surface area contributed by atoms with Crippen molar-refractivity contribution < 1.29 is 17.9 Å². The number of esters is 1. The van der Waals surface area contributed by atoms with Crippen LogP contribution in [0.25, 0.3) is 0 Å². The molecule has 6 heteroatoms. The summed E-state index contributed by atoms with van der Waals surface area (Å²) in [5.74, 6) is -0.406. The Morgan fingerprint density at radius 1 is 1.03 bits per heavy atom. The molecule has 2 aromatic rings. The van der Waals surface area contributed by atoms with Gasteiger partial charge in [0.1, 0.15) is 6.61 Å². The van der Waals surface area contributed by atoms with Crippen LogP contribution in [-0.4, -0.2) is 44.2 Å². The molecule has 1 fully saturated rings. The molecule has 1 atom stereocenters. The van der Waals surface area contributed by atoms with Crippen molar-refractivity contribution in [3.8, 4) is 0 Å². The third kappa shape index (κ3) is 6.15. The molecule has 29 heavy (non-hydrogen) atoms. The number of carbonyl (C=O) groups is 1. The van der Waals surface area contributed by atoms with Gasteiger partial charge in [0.2, 0.25) is 0 Å². The Morgan fingerprint density at radius 2 is 1.72 bits per heavy atom. The van der Waals surface area contributed by atoms with E-state index in [1.54, 1.807) is 24.3 Å². The lowest BCUT2D eigenvalue weighted by molar-refractivity contribution is -0.0150. The lowest BCUT2D eigenvalue weighted by Gasteiger charge is -2.44. The van der Waals surface area contributed by atoms with Crippen LogP contribution in [0.15, 0.2) is 54.6 Å². The third-order valence-electron chi connectivity index (χ3n) is 5.51. The molecule has 0 aliphatic carbocycles. The molecule has 0 radical (unpaired) electrons. The van der Waals surface area contributed by atoms with Crippen LogP contribution in [0.1, 0.15) is 47.7 Å². The number of piperidine rings is 1. The largest absolute Gasteiger partial charge is 0.460 e. The fourth-order valence-electron chi connectivity index (χ4n) is 3.82. The van der Waals surface area contributed by atoms with Gasteiger partial charge in [0, 0.05) is 12.8 Å². The van der Waals surface area contributed by atoms with Gasteiger partial charge in [-0.05, 0) is 49.6 Å². The number of hydrogen-bond donors (Lipinski definition) is 0. The molecule has 2 aromatic carbocycles. The van der Waals surface area contributed by atoms with Crippen molar-refractivity contribution >= 4 is 15.8 Å². The van der Waals surface area contributed by atoms with E-state index in [9.17, 15) is 13.2 Å². The molecule has 0 unspecified atom stereocenters. The number of sulfone groups is 1. The van der Waals surface area contributed by atoms with Crippen molar-refractivity contribution in [3.05, 3.63) is 71.3 Å². The molecular formula is C23H29NO4S. The monoisotopic (exact) mass is 415 g/mol. The van der Waals surface area contributed by atoms with Crippen molar-refractivity contribution in [2.75, 3.05) is 19.4 Å². The number of hydrogen-bond acceptors (Lipinski definition) is 5. The van der Waals surface area contributed by atoms with Crippen LogP contribution in [0, 0.1) is 0 Å². The lowest BCUT2D eigenvalue weighted by Crippen LogP contribution is -2.52. The van der Waals surface area contributed by atoms with Gasteiger partial charge in [-0.2, -0.15) is 0 Å². The van der Waals surface area contributed by atoms with Crippen LogP contribution in [0.2, 0.25) is 0 Å². The predicted molar refractivity (Wildman–Crippen MR) is 114 cm³/mol. The zero-order valence-electron chi connectivity index (χ0n) is 17.1. The molecule has 0 N–H and O–H groups in total. The summed E-state index contributed by atoms with van der Waals surface area (Å²) in [5, 5.41) is 0. The van der Waals surface area contributed by atoms with Gasteiger partial charge in [-0.1, -0.05) is 48.9 Å². The predicted octanol–water partition coefficient (Wildman–Crippen LogP) is 3.83. The summed E-state index contributed by atoms with van der Waals surface area (Å²) in [6, 6.07) is 17.0. The molecule has 156 valence electrons. The SMILES string of the molecule is C[C@@]1(COC(=O)c2ccc(CS(C)(=O)=O)cc2)CCCCN1Cc1ccccc1. The Kier molecular flexibility index (Phi) is 6.75. The van der Waals surface area contributed by atoms with E-state index in [1.165, 1.54) is 11.8 Å². The second-order valence-corrected chi connectivity index (χ2v) is 10.3. The third-order valence-corrected chi connectivity index (χ3v) is 6.36. The zero-order chi connectivity index (χ0) is 20.9. The summed E-state index contributed by atoms with van der Waals surface area (Å²) in [6.45, 7) is 4.33. The molecule has 0 amide bonds. The molecule has 1 heterocycles. The smallest absolute Gasteiger partial charge is 0.338 e. The van der Waals surface area contributed by atoms with Gasteiger partial charge in [0.05, 0.1) is 16.9 Å². The summed E-state index contributed by atoms with van der Waals surface area (Å²) >= 11 is 0. The summed E-state index contributed by atoms with van der Waals surface area (Å²) in [6.07, 6.45) is 4.46. The summed E-state index contributed by atoms with van der Waals surface area (Å²) in [5.41, 5.74) is 2.17. The quantitative estimate of drug-likeness (QED) is 0.643. The number of ether oxygens (including phenoxy) is 1. The van der Waals surface area contributed by atoms with Crippen molar-refractivity contribution in [2.45, 2.75) is 44.0 Å². The Labute approximate surface area is 173 Å². The maximum absolute atomic E-state index is 12.5. The maximum atomic E-state index is 12.5. The highest BCUT2D eigenvalue weighted by molar-refractivity contribution is 7.89. The lowest BCUT2D eigenvalue weighted by atomic mass is 9.88. The molecule has 0 bridgehead atoms. The van der Waals surface area contributed by atoms with Gasteiger partial charge in [0.15, 0.2) is 9.84 Å². The number of likely N-dealkylation sites (tertiary alicyclic amines) is 1. The first-order chi connectivity index (χ1) is 13.8. The van der Waals surface area contributed by atoms with Crippen molar-refractivity contribution in [2.24, 2.45) is 0 Å². The van der Waals surface area contributed by atoms with Crippen LogP contribution >= 0.6 is 0 Å². The normalized spacial score (nSPS) is 20.3. The molecular weight excluding hydrogens is 386 g/mol. The van der Waals surface area contributed by atoms with Gasteiger partial charge in [-0.15, -0.1) is 0 Å². The highest BCUT2D eigenvalue weighted by Gasteiger charge is 2.35. The van der Waals surface area contributed by atoms with Crippen molar-refractivity contribution in [3.63, 3.8) is 0 Å². The minimum atomic E-state index is -3.10. The number of rotatable bonds is 7. The standard InChI is InChI=1S/C23H29NO4S/c1-23(14-6-7-15-24(23)16-19-8-4-3-5-9-19)18-28-22(25)21-12-10-20(11-13-21)17-29(2,26)27/h3-5,8-13H,6-7,14-18H2,1-2H3/t23-/m0/s1. The molecule has 0 spiro atoms. The average Bonchev–Trinajstić information content (AvgIpc) is 2.68. The van der Waals surface area contributed by atoms with Crippen LogP contribution in [-0.2, 0) is 26.9 Å². The van der Waals surface area contributed by atoms with Crippen LogP contribution in [0.5, 0.6) is 0 Å². The second-order valence-electron chi connectivity index (χ2n) is 8.20. The Balaban J connectivity index is 1.62. The minimum Gasteiger partial charge on any atom is -0.460 e. The van der Waals surface area contributed by atoms with E-state index in [4.69, 9.17) is 4.74 Å². The van der Waals surface area contributed by atoms with E-state index < -0.39 is 9.84 Å². The first-order valence-electron chi connectivity index (χ1n) is 9.98. The van der Waals surface area contributed by atoms with Crippen LogP contribution in [0.3, 0.4) is 0 Å². The van der Waals surface area contributed by atoms with Gasteiger partial charge in [-0.25, -0.2) is 13.2 Å². The Bertz CT molecular complexity index is 925. The van der Waals surface area contributed by atoms with Crippen LogP contribution < -0.4 is 0 Å². The fourth-order valence-corrected chi connectivity index (χ4v) is 4.62. The highest BCUT2D eigenvalue weighted by Crippen LogP contribution is 2.30. The fraction of sp³-hybridized carbons (Fsp3) is 0.435. The first kappa shape index (κ1) is 21.5. The topological polar surface area (TPSA) is 63.7 Å². The highest BCUT2D eigenvalue weighted by atomic mass is 32.2. The summed E-state index contributed by atoms with van der Waals surface area (Å²) < 4.78 is 28.5. The van der Waals surface area contributed by atoms with E-state index >= 15 is 0 Å². The maximum Gasteiger partial charge on any atom is 0.338 e. The molecule has 1 aliphatic rings. The van der Waals surface area contributed by atoms with E-state index in [0.717, 1.165) is 32.4 Å². The van der Waals surface area contributed by atoms with E-state index in [0.29, 0.717) is 17.7 Å². The van der Waals surface area contributed by atoms with Gasteiger partial charge < -0.3 is 4.74 Å².